The Morgan fingerprint density at radius 1 is 1.16 bits per heavy atom. The highest BCUT2D eigenvalue weighted by atomic mass is 16.6. The van der Waals surface area contributed by atoms with Gasteiger partial charge in [0.05, 0.1) is 17.6 Å². The lowest BCUT2D eigenvalue weighted by Gasteiger charge is -2.30. The molecule has 1 aromatic rings. The molecule has 38 heavy (non-hydrogen) atoms. The lowest BCUT2D eigenvalue weighted by Crippen LogP contribution is -2.36. The van der Waals surface area contributed by atoms with Crippen molar-refractivity contribution >= 4 is 17.5 Å². The van der Waals surface area contributed by atoms with Gasteiger partial charge in [0.1, 0.15) is 43.5 Å². The van der Waals surface area contributed by atoms with Crippen LogP contribution < -0.4 is 4.74 Å². The second-order valence-electron chi connectivity index (χ2n) is 10.2. The summed E-state index contributed by atoms with van der Waals surface area (Å²) in [6, 6.07) is 5.50. The molecule has 8 nitrogen and oxygen atoms in total. The van der Waals surface area contributed by atoms with Crippen LogP contribution in [0, 0.1) is 17.3 Å². The lowest BCUT2D eigenvalue weighted by molar-refractivity contribution is -0.161. The first-order chi connectivity index (χ1) is 18.1. The molecule has 3 rings (SSSR count). The Kier molecular flexibility index (Phi) is 10.2. The molecule has 0 spiro atoms. The smallest absolute Gasteiger partial charge is 0.339 e. The zero-order valence-corrected chi connectivity index (χ0v) is 22.9. The fourth-order valence-electron chi connectivity index (χ4n) is 4.39. The Morgan fingerprint density at radius 3 is 2.58 bits per heavy atom. The molecular formula is C30H40O8. The van der Waals surface area contributed by atoms with E-state index in [9.17, 15) is 14.7 Å². The number of fused-ring (bicyclic) bond motifs is 1. The standard InChI is InChI=1S/C30H40O8/c1-6-20-14-23(35-13-12-31)10-11-25(20)26-15-21-8-9-24(16-27(21)38-28(26)33)36-17-22(32)18-37-29(34)30(5,7-2)19(3)4/h8-11,14-16,19,21-22,27,31-32H,6-7,12-13,17-18H2,1-5H3. The van der Waals surface area contributed by atoms with Crippen molar-refractivity contribution in [3.8, 4) is 5.75 Å². The minimum atomic E-state index is -0.989. The highest BCUT2D eigenvalue weighted by Gasteiger charge is 2.37. The van der Waals surface area contributed by atoms with Crippen molar-refractivity contribution in [2.45, 2.75) is 59.7 Å². The molecule has 4 atom stereocenters. The number of rotatable bonds is 13. The molecule has 0 fully saturated rings. The first kappa shape index (κ1) is 29.5. The molecule has 0 aromatic heterocycles. The number of aryl methyl sites for hydroxylation is 1. The number of ether oxygens (including phenoxy) is 4. The normalized spacial score (nSPS) is 21.0. The quantitative estimate of drug-likeness (QED) is 0.370. The first-order valence-electron chi connectivity index (χ1n) is 13.3. The van der Waals surface area contributed by atoms with Gasteiger partial charge in [-0.15, -0.1) is 0 Å². The van der Waals surface area contributed by atoms with Crippen LogP contribution in [-0.2, 0) is 30.2 Å². The van der Waals surface area contributed by atoms with E-state index < -0.39 is 23.6 Å². The maximum Gasteiger partial charge on any atom is 0.339 e. The summed E-state index contributed by atoms with van der Waals surface area (Å²) in [5.74, 6) is 0.322. The third-order valence-corrected chi connectivity index (χ3v) is 7.44. The molecule has 2 aliphatic rings. The predicted octanol–water partition coefficient (Wildman–Crippen LogP) is 3.99. The number of aliphatic hydroxyl groups excluding tert-OH is 2. The van der Waals surface area contributed by atoms with Gasteiger partial charge in [0.25, 0.3) is 0 Å². The number of hydrogen-bond acceptors (Lipinski definition) is 8. The summed E-state index contributed by atoms with van der Waals surface area (Å²) in [5.41, 5.74) is 1.64. The van der Waals surface area contributed by atoms with Gasteiger partial charge in [-0.3, -0.25) is 4.79 Å². The molecule has 0 saturated carbocycles. The molecule has 1 aromatic carbocycles. The van der Waals surface area contributed by atoms with Crippen molar-refractivity contribution in [3.05, 3.63) is 59.4 Å². The zero-order chi connectivity index (χ0) is 27.9. The molecule has 2 N–H and O–H groups in total. The second kappa shape index (κ2) is 13.1. The SMILES string of the molecule is CCc1cc(OCCO)ccc1C1=CC2C=CC(OCC(O)COC(=O)C(C)(CC)C(C)C)=CC2OC1=O. The number of benzene rings is 1. The molecule has 8 heteroatoms. The maximum atomic E-state index is 12.9. The van der Waals surface area contributed by atoms with E-state index in [4.69, 9.17) is 24.1 Å². The van der Waals surface area contributed by atoms with Gasteiger partial charge in [-0.05, 0) is 61.1 Å². The summed E-state index contributed by atoms with van der Waals surface area (Å²) in [4.78, 5) is 25.4. The number of hydrogen-bond donors (Lipinski definition) is 2. The first-order valence-corrected chi connectivity index (χ1v) is 13.3. The predicted molar refractivity (Wildman–Crippen MR) is 143 cm³/mol. The highest BCUT2D eigenvalue weighted by molar-refractivity contribution is 6.17. The fraction of sp³-hybridized carbons (Fsp3) is 0.533. The van der Waals surface area contributed by atoms with E-state index in [0.29, 0.717) is 29.9 Å². The van der Waals surface area contributed by atoms with E-state index in [1.807, 2.05) is 58.9 Å². The maximum absolute atomic E-state index is 12.9. The number of allylic oxidation sites excluding steroid dienone is 1. The fourth-order valence-corrected chi connectivity index (χ4v) is 4.39. The second-order valence-corrected chi connectivity index (χ2v) is 10.2. The Balaban J connectivity index is 1.60. The summed E-state index contributed by atoms with van der Waals surface area (Å²) in [7, 11) is 0. The topological polar surface area (TPSA) is 112 Å². The van der Waals surface area contributed by atoms with Crippen LogP contribution in [0.4, 0.5) is 0 Å². The number of carbonyl (C=O) groups is 2. The summed E-state index contributed by atoms with van der Waals surface area (Å²) in [6.07, 6.45) is 7.14. The zero-order valence-electron chi connectivity index (χ0n) is 22.9. The number of aliphatic hydroxyl groups is 2. The minimum absolute atomic E-state index is 0.0645. The molecule has 1 aliphatic carbocycles. The lowest BCUT2D eigenvalue weighted by atomic mass is 9.77. The third kappa shape index (κ3) is 6.85. The molecule has 4 unspecified atom stereocenters. The molecule has 0 bridgehead atoms. The van der Waals surface area contributed by atoms with E-state index in [1.165, 1.54) is 0 Å². The van der Waals surface area contributed by atoms with E-state index in [0.717, 1.165) is 11.1 Å². The van der Waals surface area contributed by atoms with E-state index in [2.05, 4.69) is 0 Å². The van der Waals surface area contributed by atoms with Crippen LogP contribution in [-0.4, -0.2) is 60.8 Å². The van der Waals surface area contributed by atoms with Gasteiger partial charge >= 0.3 is 11.9 Å². The van der Waals surface area contributed by atoms with Crippen LogP contribution in [0.15, 0.2) is 48.3 Å². The van der Waals surface area contributed by atoms with Gasteiger partial charge in [0.15, 0.2) is 0 Å². The van der Waals surface area contributed by atoms with Crippen molar-refractivity contribution in [2.75, 3.05) is 26.4 Å². The van der Waals surface area contributed by atoms with Gasteiger partial charge in [-0.2, -0.15) is 0 Å². The number of esters is 2. The van der Waals surface area contributed by atoms with Gasteiger partial charge < -0.3 is 29.2 Å². The van der Waals surface area contributed by atoms with E-state index >= 15 is 0 Å². The van der Waals surface area contributed by atoms with Crippen molar-refractivity contribution in [1.82, 2.24) is 0 Å². The van der Waals surface area contributed by atoms with E-state index in [1.54, 1.807) is 18.2 Å². The summed E-state index contributed by atoms with van der Waals surface area (Å²) < 4.78 is 22.3. The van der Waals surface area contributed by atoms with Crippen LogP contribution in [0.2, 0.25) is 0 Å². The largest absolute Gasteiger partial charge is 0.491 e. The Labute approximate surface area is 224 Å². The Bertz CT molecular complexity index is 1090. The van der Waals surface area contributed by atoms with Crippen LogP contribution in [0.25, 0.3) is 5.57 Å². The van der Waals surface area contributed by atoms with Crippen molar-refractivity contribution in [2.24, 2.45) is 17.3 Å². The summed E-state index contributed by atoms with van der Waals surface area (Å²) >= 11 is 0. The van der Waals surface area contributed by atoms with Crippen LogP contribution >= 0.6 is 0 Å². The third-order valence-electron chi connectivity index (χ3n) is 7.44. The van der Waals surface area contributed by atoms with Crippen molar-refractivity contribution in [1.29, 1.82) is 0 Å². The van der Waals surface area contributed by atoms with Gasteiger partial charge in [0, 0.05) is 5.92 Å². The number of carbonyl (C=O) groups excluding carboxylic acids is 2. The van der Waals surface area contributed by atoms with Crippen LogP contribution in [0.3, 0.4) is 0 Å². The highest BCUT2D eigenvalue weighted by Crippen LogP contribution is 2.35. The summed E-state index contributed by atoms with van der Waals surface area (Å²) in [5, 5.41) is 19.3. The monoisotopic (exact) mass is 528 g/mol. The van der Waals surface area contributed by atoms with Crippen LogP contribution in [0.1, 0.15) is 52.2 Å². The van der Waals surface area contributed by atoms with Crippen molar-refractivity contribution in [3.63, 3.8) is 0 Å². The summed E-state index contributed by atoms with van der Waals surface area (Å²) in [6.45, 7) is 9.68. The minimum Gasteiger partial charge on any atom is -0.491 e. The van der Waals surface area contributed by atoms with E-state index in [-0.39, 0.29) is 44.2 Å². The van der Waals surface area contributed by atoms with Gasteiger partial charge in [-0.25, -0.2) is 4.79 Å². The molecule has 208 valence electrons. The molecule has 1 heterocycles. The molecule has 0 radical (unpaired) electrons. The van der Waals surface area contributed by atoms with Crippen molar-refractivity contribution < 1.29 is 38.7 Å². The molecule has 0 saturated heterocycles. The van der Waals surface area contributed by atoms with Crippen LogP contribution in [0.5, 0.6) is 5.75 Å². The Hall–Kier alpha value is -3.10. The van der Waals surface area contributed by atoms with Gasteiger partial charge in [-0.1, -0.05) is 45.9 Å². The average Bonchev–Trinajstić information content (AvgIpc) is 2.92. The molecule has 0 amide bonds. The van der Waals surface area contributed by atoms with Gasteiger partial charge in [0.2, 0.25) is 0 Å². The Morgan fingerprint density at radius 2 is 1.92 bits per heavy atom. The molecule has 1 aliphatic heterocycles. The average molecular weight is 529 g/mol. The molecular weight excluding hydrogens is 488 g/mol.